The first kappa shape index (κ1) is 15.0. The van der Waals surface area contributed by atoms with Gasteiger partial charge in [-0.15, -0.1) is 11.3 Å². The fourth-order valence-corrected chi connectivity index (χ4v) is 2.57. The molecule has 1 aromatic carbocycles. The van der Waals surface area contributed by atoms with Crippen molar-refractivity contribution in [2.75, 3.05) is 0 Å². The summed E-state index contributed by atoms with van der Waals surface area (Å²) in [6.45, 7) is 4.30. The predicted octanol–water partition coefficient (Wildman–Crippen LogP) is 2.94. The molecule has 0 saturated heterocycles. The Bertz CT molecular complexity index is 588. The van der Waals surface area contributed by atoms with Gasteiger partial charge in [-0.3, -0.25) is 0 Å². The summed E-state index contributed by atoms with van der Waals surface area (Å²) >= 11 is 1.54. The molecule has 2 aromatic rings. The highest BCUT2D eigenvalue weighted by atomic mass is 32.1. The first-order chi connectivity index (χ1) is 9.49. The maximum Gasteiger partial charge on any atom is 0.159 e. The Labute approximate surface area is 120 Å². The van der Waals surface area contributed by atoms with Gasteiger partial charge in [-0.05, 0) is 31.5 Å². The lowest BCUT2D eigenvalue weighted by Crippen LogP contribution is -2.31. The standard InChI is InChI=1S/C14H16F2N2OS/c1-8-13(20-7-18-8)6-17-9(2)14(19)10-3-4-11(15)12(16)5-10/h3-5,7,9,14,17,19H,6H2,1-2H3. The minimum Gasteiger partial charge on any atom is -0.387 e. The summed E-state index contributed by atoms with van der Waals surface area (Å²) in [6.07, 6.45) is -0.904. The van der Waals surface area contributed by atoms with E-state index in [0.29, 0.717) is 12.1 Å². The van der Waals surface area contributed by atoms with E-state index >= 15 is 0 Å². The van der Waals surface area contributed by atoms with Crippen LogP contribution >= 0.6 is 11.3 Å². The second-order valence-electron chi connectivity index (χ2n) is 4.65. The summed E-state index contributed by atoms with van der Waals surface area (Å²) in [5.74, 6) is -1.87. The number of aliphatic hydroxyl groups is 1. The van der Waals surface area contributed by atoms with Crippen molar-refractivity contribution in [3.8, 4) is 0 Å². The van der Waals surface area contributed by atoms with Crippen molar-refractivity contribution in [1.29, 1.82) is 0 Å². The molecule has 1 heterocycles. The number of nitrogens with zero attached hydrogens (tertiary/aromatic N) is 1. The Morgan fingerprint density at radius 1 is 1.35 bits per heavy atom. The summed E-state index contributed by atoms with van der Waals surface area (Å²) in [5, 5.41) is 13.3. The van der Waals surface area contributed by atoms with Gasteiger partial charge >= 0.3 is 0 Å². The first-order valence-corrected chi connectivity index (χ1v) is 7.12. The Kier molecular flexibility index (Phi) is 4.80. The van der Waals surface area contributed by atoms with Crippen LogP contribution in [-0.2, 0) is 6.54 Å². The lowest BCUT2D eigenvalue weighted by atomic mass is 10.0. The molecule has 1 aromatic heterocycles. The van der Waals surface area contributed by atoms with E-state index in [-0.39, 0.29) is 6.04 Å². The largest absolute Gasteiger partial charge is 0.387 e. The minimum atomic E-state index is -0.952. The van der Waals surface area contributed by atoms with Crippen LogP contribution in [0.5, 0.6) is 0 Å². The van der Waals surface area contributed by atoms with Crippen molar-refractivity contribution in [2.24, 2.45) is 0 Å². The van der Waals surface area contributed by atoms with Gasteiger partial charge in [-0.2, -0.15) is 0 Å². The van der Waals surface area contributed by atoms with Gasteiger partial charge in [0.15, 0.2) is 11.6 Å². The summed E-state index contributed by atoms with van der Waals surface area (Å²) in [6, 6.07) is 3.14. The zero-order chi connectivity index (χ0) is 14.7. The molecule has 20 heavy (non-hydrogen) atoms. The molecule has 108 valence electrons. The quantitative estimate of drug-likeness (QED) is 0.892. The van der Waals surface area contributed by atoms with Crippen LogP contribution in [0.15, 0.2) is 23.7 Å². The topological polar surface area (TPSA) is 45.2 Å². The second-order valence-corrected chi connectivity index (χ2v) is 5.59. The second kappa shape index (κ2) is 6.39. The third-order valence-electron chi connectivity index (χ3n) is 3.19. The fraction of sp³-hybridized carbons (Fsp3) is 0.357. The molecule has 0 saturated carbocycles. The molecule has 0 fully saturated rings. The van der Waals surface area contributed by atoms with E-state index in [1.807, 2.05) is 6.92 Å². The van der Waals surface area contributed by atoms with E-state index in [1.165, 1.54) is 17.4 Å². The predicted molar refractivity (Wildman–Crippen MR) is 74.5 cm³/mol. The molecule has 0 bridgehead atoms. The molecule has 0 radical (unpaired) electrons. The number of rotatable bonds is 5. The zero-order valence-electron chi connectivity index (χ0n) is 11.2. The van der Waals surface area contributed by atoms with Crippen LogP contribution in [0.4, 0.5) is 8.78 Å². The fourth-order valence-electron chi connectivity index (χ4n) is 1.85. The lowest BCUT2D eigenvalue weighted by molar-refractivity contribution is 0.135. The van der Waals surface area contributed by atoms with Crippen molar-refractivity contribution in [3.63, 3.8) is 0 Å². The van der Waals surface area contributed by atoms with Crippen molar-refractivity contribution >= 4 is 11.3 Å². The van der Waals surface area contributed by atoms with E-state index < -0.39 is 17.7 Å². The molecule has 0 aliphatic heterocycles. The molecule has 3 nitrogen and oxygen atoms in total. The maximum absolute atomic E-state index is 13.2. The Morgan fingerprint density at radius 3 is 2.70 bits per heavy atom. The molecule has 0 amide bonds. The number of aromatic nitrogens is 1. The van der Waals surface area contributed by atoms with E-state index in [4.69, 9.17) is 0 Å². The van der Waals surface area contributed by atoms with Gasteiger partial charge in [0, 0.05) is 17.5 Å². The van der Waals surface area contributed by atoms with Crippen LogP contribution in [0, 0.1) is 18.6 Å². The Morgan fingerprint density at radius 2 is 2.10 bits per heavy atom. The molecule has 0 aliphatic carbocycles. The van der Waals surface area contributed by atoms with Gasteiger partial charge in [0.25, 0.3) is 0 Å². The molecule has 2 unspecified atom stereocenters. The summed E-state index contributed by atoms with van der Waals surface area (Å²) in [4.78, 5) is 5.24. The number of nitrogens with one attached hydrogen (secondary N) is 1. The van der Waals surface area contributed by atoms with Crippen molar-refractivity contribution in [2.45, 2.75) is 32.5 Å². The molecule has 2 N–H and O–H groups in total. The highest BCUT2D eigenvalue weighted by Gasteiger charge is 2.18. The summed E-state index contributed by atoms with van der Waals surface area (Å²) < 4.78 is 26.0. The Hall–Kier alpha value is -1.37. The normalized spacial score (nSPS) is 14.2. The SMILES string of the molecule is Cc1ncsc1CNC(C)C(O)c1ccc(F)c(F)c1. The summed E-state index contributed by atoms with van der Waals surface area (Å²) in [5.41, 5.74) is 3.07. The molecular formula is C14H16F2N2OS. The number of benzene rings is 1. The molecule has 2 atom stereocenters. The van der Waals surface area contributed by atoms with E-state index in [9.17, 15) is 13.9 Å². The monoisotopic (exact) mass is 298 g/mol. The van der Waals surface area contributed by atoms with Crippen LogP contribution < -0.4 is 5.32 Å². The van der Waals surface area contributed by atoms with Crippen LogP contribution in [0.25, 0.3) is 0 Å². The van der Waals surface area contributed by atoms with Crippen LogP contribution in [0.1, 0.15) is 29.2 Å². The number of aliphatic hydroxyl groups excluding tert-OH is 1. The van der Waals surface area contributed by atoms with E-state index in [1.54, 1.807) is 12.4 Å². The lowest BCUT2D eigenvalue weighted by Gasteiger charge is -2.20. The van der Waals surface area contributed by atoms with Gasteiger partial charge in [-0.1, -0.05) is 6.07 Å². The molecule has 0 spiro atoms. The maximum atomic E-state index is 13.2. The van der Waals surface area contributed by atoms with E-state index in [0.717, 1.165) is 22.7 Å². The van der Waals surface area contributed by atoms with Crippen molar-refractivity contribution in [3.05, 3.63) is 51.5 Å². The number of hydrogen-bond acceptors (Lipinski definition) is 4. The molecule has 0 aliphatic rings. The third-order valence-corrected chi connectivity index (χ3v) is 4.12. The molecular weight excluding hydrogens is 282 g/mol. The Balaban J connectivity index is 1.99. The van der Waals surface area contributed by atoms with Gasteiger partial charge in [0.05, 0.1) is 17.3 Å². The number of hydrogen-bond donors (Lipinski definition) is 2. The highest BCUT2D eigenvalue weighted by molar-refractivity contribution is 7.09. The minimum absolute atomic E-state index is 0.290. The average molecular weight is 298 g/mol. The van der Waals surface area contributed by atoms with Crippen molar-refractivity contribution < 1.29 is 13.9 Å². The van der Waals surface area contributed by atoms with Gasteiger partial charge in [0.2, 0.25) is 0 Å². The van der Waals surface area contributed by atoms with Crippen molar-refractivity contribution in [1.82, 2.24) is 10.3 Å². The number of halogens is 2. The zero-order valence-corrected chi connectivity index (χ0v) is 12.0. The molecule has 2 rings (SSSR count). The van der Waals surface area contributed by atoms with Crippen LogP contribution in [-0.4, -0.2) is 16.1 Å². The smallest absolute Gasteiger partial charge is 0.159 e. The van der Waals surface area contributed by atoms with E-state index in [2.05, 4.69) is 10.3 Å². The first-order valence-electron chi connectivity index (χ1n) is 6.24. The molecule has 6 heteroatoms. The van der Waals surface area contributed by atoms with Crippen LogP contribution in [0.2, 0.25) is 0 Å². The van der Waals surface area contributed by atoms with Gasteiger partial charge in [-0.25, -0.2) is 13.8 Å². The number of thiazole rings is 1. The number of aryl methyl sites for hydroxylation is 1. The summed E-state index contributed by atoms with van der Waals surface area (Å²) in [7, 11) is 0. The van der Waals surface area contributed by atoms with Gasteiger partial charge in [0.1, 0.15) is 0 Å². The van der Waals surface area contributed by atoms with Crippen LogP contribution in [0.3, 0.4) is 0 Å². The highest BCUT2D eigenvalue weighted by Crippen LogP contribution is 2.20. The average Bonchev–Trinajstić information content (AvgIpc) is 2.84. The van der Waals surface area contributed by atoms with Gasteiger partial charge < -0.3 is 10.4 Å². The third kappa shape index (κ3) is 3.39.